The Hall–Kier alpha value is -1.64. The second-order valence-corrected chi connectivity index (χ2v) is 4.98. The molecule has 2 nitrogen and oxygen atoms in total. The van der Waals surface area contributed by atoms with Crippen molar-refractivity contribution in [3.63, 3.8) is 0 Å². The van der Waals surface area contributed by atoms with Crippen molar-refractivity contribution < 1.29 is 4.84 Å². The van der Waals surface area contributed by atoms with Crippen LogP contribution in [0.15, 0.2) is 60.7 Å². The van der Waals surface area contributed by atoms with Crippen molar-refractivity contribution in [1.82, 2.24) is 0 Å². The van der Waals surface area contributed by atoms with Crippen molar-refractivity contribution in [2.45, 2.75) is 25.4 Å². The largest absolute Gasteiger partial charge is 0.298 e. The van der Waals surface area contributed by atoms with Crippen molar-refractivity contribution in [2.24, 2.45) is 5.90 Å². The third-order valence-electron chi connectivity index (χ3n) is 3.26. The molecule has 2 N–H and O–H groups in total. The van der Waals surface area contributed by atoms with E-state index in [2.05, 4.69) is 24.3 Å². The maximum Gasteiger partial charge on any atom is 0.0946 e. The lowest BCUT2D eigenvalue weighted by atomic mass is 9.79. The molecule has 0 aliphatic rings. The van der Waals surface area contributed by atoms with Crippen LogP contribution in [-0.4, -0.2) is 5.60 Å². The highest BCUT2D eigenvalue weighted by molar-refractivity contribution is 5.35. The Morgan fingerprint density at radius 2 is 1.22 bits per heavy atom. The van der Waals surface area contributed by atoms with Crippen LogP contribution in [0.1, 0.15) is 30.9 Å². The van der Waals surface area contributed by atoms with E-state index in [4.69, 9.17) is 10.7 Å². The predicted molar refractivity (Wildman–Crippen MR) is 74.1 cm³/mol. The first kappa shape index (κ1) is 12.8. The number of benzene rings is 2. The first-order valence-corrected chi connectivity index (χ1v) is 6.13. The molecule has 0 amide bonds. The summed E-state index contributed by atoms with van der Waals surface area (Å²) in [6.45, 7) is 4.02. The van der Waals surface area contributed by atoms with Crippen molar-refractivity contribution in [1.29, 1.82) is 0 Å². The van der Waals surface area contributed by atoms with Gasteiger partial charge in [-0.15, -0.1) is 0 Å². The second kappa shape index (κ2) is 5.34. The fourth-order valence-electron chi connectivity index (χ4n) is 2.35. The quantitative estimate of drug-likeness (QED) is 0.832. The normalized spacial score (nSPS) is 11.8. The van der Waals surface area contributed by atoms with Crippen LogP contribution in [0, 0.1) is 0 Å². The molecular formula is C16H19NO. The summed E-state index contributed by atoms with van der Waals surface area (Å²) in [5.74, 6) is 5.60. The molecule has 0 radical (unpaired) electrons. The van der Waals surface area contributed by atoms with Crippen LogP contribution in [0.4, 0.5) is 0 Å². The van der Waals surface area contributed by atoms with Crippen LogP contribution in [0.25, 0.3) is 0 Å². The summed E-state index contributed by atoms with van der Waals surface area (Å²) < 4.78 is 0. The van der Waals surface area contributed by atoms with E-state index in [9.17, 15) is 0 Å². The van der Waals surface area contributed by atoms with Gasteiger partial charge in [0.15, 0.2) is 0 Å². The van der Waals surface area contributed by atoms with E-state index in [1.165, 1.54) is 11.1 Å². The van der Waals surface area contributed by atoms with E-state index in [0.29, 0.717) is 0 Å². The van der Waals surface area contributed by atoms with E-state index in [1.54, 1.807) is 0 Å². The smallest absolute Gasteiger partial charge is 0.0946 e. The maximum absolute atomic E-state index is 5.48. The van der Waals surface area contributed by atoms with Crippen LogP contribution >= 0.6 is 0 Å². The highest BCUT2D eigenvalue weighted by Crippen LogP contribution is 2.36. The van der Waals surface area contributed by atoms with Gasteiger partial charge in [0, 0.05) is 5.92 Å². The SMILES string of the molecule is CC(C)(ON)C(c1ccccc1)c1ccccc1. The summed E-state index contributed by atoms with van der Waals surface area (Å²) in [6, 6.07) is 20.6. The Morgan fingerprint density at radius 3 is 1.56 bits per heavy atom. The van der Waals surface area contributed by atoms with Crippen LogP contribution in [0.2, 0.25) is 0 Å². The lowest BCUT2D eigenvalue weighted by molar-refractivity contribution is -0.0312. The molecule has 0 aromatic heterocycles. The third kappa shape index (κ3) is 2.61. The molecule has 2 heteroatoms. The van der Waals surface area contributed by atoms with Gasteiger partial charge in [0.2, 0.25) is 0 Å². The first-order chi connectivity index (χ1) is 8.65. The van der Waals surface area contributed by atoms with Gasteiger partial charge in [-0.1, -0.05) is 60.7 Å². The standard InChI is InChI=1S/C16H19NO/c1-16(2,18-17)15(13-9-5-3-6-10-13)14-11-7-4-8-12-14/h3-12,15H,17H2,1-2H3. The van der Waals surface area contributed by atoms with Gasteiger partial charge in [0.25, 0.3) is 0 Å². The molecule has 0 atom stereocenters. The lowest BCUT2D eigenvalue weighted by Crippen LogP contribution is -2.36. The summed E-state index contributed by atoms with van der Waals surface area (Å²) in [5, 5.41) is 0. The van der Waals surface area contributed by atoms with Crippen LogP contribution in [0.3, 0.4) is 0 Å². The summed E-state index contributed by atoms with van der Waals surface area (Å²) in [7, 11) is 0. The van der Waals surface area contributed by atoms with Crippen LogP contribution in [0.5, 0.6) is 0 Å². The predicted octanol–water partition coefficient (Wildman–Crippen LogP) is 3.49. The highest BCUT2D eigenvalue weighted by Gasteiger charge is 2.32. The molecule has 0 aliphatic carbocycles. The molecule has 0 saturated heterocycles. The van der Waals surface area contributed by atoms with E-state index >= 15 is 0 Å². The molecule has 0 spiro atoms. The summed E-state index contributed by atoms with van der Waals surface area (Å²) in [6.07, 6.45) is 0. The van der Waals surface area contributed by atoms with Crippen LogP contribution in [-0.2, 0) is 4.84 Å². The monoisotopic (exact) mass is 241 g/mol. The second-order valence-electron chi connectivity index (χ2n) is 4.98. The van der Waals surface area contributed by atoms with Gasteiger partial charge in [0.1, 0.15) is 0 Å². The van der Waals surface area contributed by atoms with Crippen molar-refractivity contribution >= 4 is 0 Å². The zero-order valence-corrected chi connectivity index (χ0v) is 10.8. The number of hydrogen-bond acceptors (Lipinski definition) is 2. The van der Waals surface area contributed by atoms with Crippen molar-refractivity contribution in [3.05, 3.63) is 71.8 Å². The summed E-state index contributed by atoms with van der Waals surface area (Å²) >= 11 is 0. The minimum absolute atomic E-state index is 0.116. The highest BCUT2D eigenvalue weighted by atomic mass is 16.6. The molecule has 2 rings (SSSR count). The average molecular weight is 241 g/mol. The molecule has 18 heavy (non-hydrogen) atoms. The van der Waals surface area contributed by atoms with Gasteiger partial charge in [-0.05, 0) is 25.0 Å². The fourth-order valence-corrected chi connectivity index (χ4v) is 2.35. The molecule has 0 saturated carbocycles. The Morgan fingerprint density at radius 1 is 0.833 bits per heavy atom. The Kier molecular flexibility index (Phi) is 3.80. The Labute approximate surface area is 108 Å². The number of nitrogens with two attached hydrogens (primary N) is 1. The molecule has 94 valence electrons. The van der Waals surface area contributed by atoms with Gasteiger partial charge in [0.05, 0.1) is 5.60 Å². The van der Waals surface area contributed by atoms with E-state index in [0.717, 1.165) is 0 Å². The minimum atomic E-state index is -0.456. The zero-order chi connectivity index (χ0) is 13.0. The van der Waals surface area contributed by atoms with Gasteiger partial charge >= 0.3 is 0 Å². The van der Waals surface area contributed by atoms with Crippen molar-refractivity contribution in [3.8, 4) is 0 Å². The molecule has 0 aliphatic heterocycles. The lowest BCUT2D eigenvalue weighted by Gasteiger charge is -2.33. The van der Waals surface area contributed by atoms with E-state index in [1.807, 2.05) is 50.2 Å². The van der Waals surface area contributed by atoms with Gasteiger partial charge in [-0.25, -0.2) is 5.90 Å². The molecule has 2 aromatic carbocycles. The van der Waals surface area contributed by atoms with Gasteiger partial charge in [-0.2, -0.15) is 0 Å². The van der Waals surface area contributed by atoms with Crippen LogP contribution < -0.4 is 5.90 Å². The molecule has 0 heterocycles. The molecule has 0 fully saturated rings. The van der Waals surface area contributed by atoms with Gasteiger partial charge < -0.3 is 0 Å². The molecule has 2 aromatic rings. The Bertz CT molecular complexity index is 439. The average Bonchev–Trinajstić information content (AvgIpc) is 2.41. The van der Waals surface area contributed by atoms with Crippen molar-refractivity contribution in [2.75, 3.05) is 0 Å². The summed E-state index contributed by atoms with van der Waals surface area (Å²) in [5.41, 5.74) is 1.96. The number of rotatable bonds is 4. The minimum Gasteiger partial charge on any atom is -0.298 e. The molecular weight excluding hydrogens is 222 g/mol. The summed E-state index contributed by atoms with van der Waals surface area (Å²) in [4.78, 5) is 5.21. The maximum atomic E-state index is 5.48. The first-order valence-electron chi connectivity index (χ1n) is 6.13. The molecule has 0 bridgehead atoms. The fraction of sp³-hybridized carbons (Fsp3) is 0.250. The van der Waals surface area contributed by atoms with E-state index < -0.39 is 5.60 Å². The van der Waals surface area contributed by atoms with Gasteiger partial charge in [-0.3, -0.25) is 4.84 Å². The molecule has 0 unspecified atom stereocenters. The Balaban J connectivity index is 2.49. The topological polar surface area (TPSA) is 35.2 Å². The zero-order valence-electron chi connectivity index (χ0n) is 10.8. The number of hydrogen-bond donors (Lipinski definition) is 1. The van der Waals surface area contributed by atoms with E-state index in [-0.39, 0.29) is 5.92 Å². The third-order valence-corrected chi connectivity index (χ3v) is 3.26.